The van der Waals surface area contributed by atoms with Gasteiger partial charge in [0.1, 0.15) is 12.7 Å². The van der Waals surface area contributed by atoms with Gasteiger partial charge in [0, 0.05) is 35.2 Å². The molecule has 2 aromatic carbocycles. The summed E-state index contributed by atoms with van der Waals surface area (Å²) in [6.45, 7) is 4.03. The van der Waals surface area contributed by atoms with E-state index in [1.165, 1.54) is 34.6 Å². The monoisotopic (exact) mass is 408 g/mol. The standard InChI is InChI=1S/C27H24N2O2/c1-29-22(13-7-15-24(29)27(30)31-2)12-6-11-21-17-20-10-5-9-19-16-18-8-3-4-14-23(18)26(28-21)25(19)20/h3-5,7-10,13-15,17H,1,6,11-12,16H2,2H3. The Morgan fingerprint density at radius 3 is 2.71 bits per heavy atom. The molecule has 0 spiro atoms. The van der Waals surface area contributed by atoms with Gasteiger partial charge in [-0.3, -0.25) is 4.98 Å². The number of hydrogen-bond donors (Lipinski definition) is 0. The summed E-state index contributed by atoms with van der Waals surface area (Å²) < 4.78 is 6.52. The van der Waals surface area contributed by atoms with E-state index in [1.54, 1.807) is 10.3 Å². The summed E-state index contributed by atoms with van der Waals surface area (Å²) in [5.74, 6) is -0.374. The summed E-state index contributed by atoms with van der Waals surface area (Å²) in [6.07, 6.45) is 3.54. The third-order valence-electron chi connectivity index (χ3n) is 6.09. The average Bonchev–Trinajstić information content (AvgIpc) is 2.80. The number of fused-ring (bicyclic) bond motifs is 2. The van der Waals surface area contributed by atoms with Crippen LogP contribution in [0.1, 0.15) is 28.9 Å². The summed E-state index contributed by atoms with van der Waals surface area (Å²) >= 11 is 0. The molecule has 1 aliphatic carbocycles. The van der Waals surface area contributed by atoms with Crippen LogP contribution in [0.3, 0.4) is 0 Å². The minimum absolute atomic E-state index is 0.374. The first-order valence-electron chi connectivity index (χ1n) is 10.6. The maximum Gasteiger partial charge on any atom is 0.232 e. The molecule has 31 heavy (non-hydrogen) atoms. The summed E-state index contributed by atoms with van der Waals surface area (Å²) in [4.78, 5) is 5.09. The molecule has 5 rings (SSSR count). The molecule has 154 valence electrons. The maximum atomic E-state index is 11.9. The summed E-state index contributed by atoms with van der Waals surface area (Å²) in [6, 6.07) is 22.9. The van der Waals surface area contributed by atoms with Crippen LogP contribution >= 0.6 is 0 Å². The minimum Gasteiger partial charge on any atom is -0.612 e. The van der Waals surface area contributed by atoms with Gasteiger partial charge < -0.3 is 9.84 Å². The Bertz CT molecular complexity index is 1410. The van der Waals surface area contributed by atoms with Gasteiger partial charge in [0.05, 0.1) is 5.69 Å². The topological polar surface area (TPSA) is 51.1 Å². The second-order valence-corrected chi connectivity index (χ2v) is 7.99. The zero-order valence-electron chi connectivity index (χ0n) is 17.6. The van der Waals surface area contributed by atoms with Gasteiger partial charge in [0.15, 0.2) is 5.69 Å². The second-order valence-electron chi connectivity index (χ2n) is 7.99. The summed E-state index contributed by atoms with van der Waals surface area (Å²) in [5.41, 5.74) is 7.13. The van der Waals surface area contributed by atoms with Crippen molar-refractivity contribution in [2.75, 3.05) is 7.11 Å². The molecule has 0 bridgehead atoms. The van der Waals surface area contributed by atoms with E-state index in [-0.39, 0.29) is 5.95 Å². The molecule has 0 radical (unpaired) electrons. The molecule has 0 saturated carbocycles. The van der Waals surface area contributed by atoms with E-state index < -0.39 is 0 Å². The van der Waals surface area contributed by atoms with Crippen molar-refractivity contribution in [2.24, 2.45) is 0 Å². The first-order valence-corrected chi connectivity index (χ1v) is 10.6. The van der Waals surface area contributed by atoms with Crippen LogP contribution in [0.5, 0.6) is 0 Å². The van der Waals surface area contributed by atoms with Gasteiger partial charge in [-0.05, 0) is 55.0 Å². The fraction of sp³-hybridized carbons (Fsp3) is 0.185. The lowest BCUT2D eigenvalue weighted by Crippen LogP contribution is -2.43. The largest absolute Gasteiger partial charge is 0.612 e. The Kier molecular flexibility index (Phi) is 4.91. The Morgan fingerprint density at radius 1 is 1.03 bits per heavy atom. The van der Waals surface area contributed by atoms with Gasteiger partial charge in [-0.25, -0.2) is 0 Å². The molecule has 0 aliphatic heterocycles. The number of rotatable bonds is 5. The normalized spacial score (nSPS) is 13.1. The SMILES string of the molecule is C=[n+]1c(CCCc2cc3cccc4c3c(n2)-c2ccccc2C4)cccc1=C([O-])OC. The molecular weight excluding hydrogens is 384 g/mol. The van der Waals surface area contributed by atoms with Crippen molar-refractivity contribution in [3.05, 3.63) is 101 Å². The van der Waals surface area contributed by atoms with Crippen molar-refractivity contribution >= 4 is 16.7 Å². The quantitative estimate of drug-likeness (QED) is 0.420. The minimum atomic E-state index is -0.374. The maximum absolute atomic E-state index is 11.9. The molecule has 0 fully saturated rings. The Labute approximate surface area is 181 Å². The number of hydrogen-bond acceptors (Lipinski definition) is 3. The Hall–Kier alpha value is -3.66. The number of benzene rings is 2. The number of aryl methyl sites for hydroxylation is 2. The molecule has 0 N–H and O–H groups in total. The Morgan fingerprint density at radius 2 is 1.84 bits per heavy atom. The molecular formula is C27H24N2O2. The average molecular weight is 409 g/mol. The number of aromatic nitrogens is 2. The van der Waals surface area contributed by atoms with Crippen LogP contribution < -0.4 is 14.7 Å². The van der Waals surface area contributed by atoms with Crippen LogP contribution in [0.2, 0.25) is 0 Å². The highest BCUT2D eigenvalue weighted by atomic mass is 16.6. The highest BCUT2D eigenvalue weighted by molar-refractivity contribution is 6.00. The van der Waals surface area contributed by atoms with Crippen molar-refractivity contribution < 1.29 is 14.1 Å². The summed E-state index contributed by atoms with van der Waals surface area (Å²) in [5, 5.41) is 14.9. The van der Waals surface area contributed by atoms with Crippen LogP contribution in [0.25, 0.3) is 28.0 Å². The first kappa shape index (κ1) is 19.3. The zero-order valence-corrected chi connectivity index (χ0v) is 17.6. The van der Waals surface area contributed by atoms with Crippen molar-refractivity contribution in [2.45, 2.75) is 25.7 Å². The van der Waals surface area contributed by atoms with Crippen LogP contribution in [0.4, 0.5) is 0 Å². The number of nitrogens with zero attached hydrogens (tertiary/aromatic N) is 2. The highest BCUT2D eigenvalue weighted by Gasteiger charge is 2.20. The van der Waals surface area contributed by atoms with Gasteiger partial charge in [-0.1, -0.05) is 42.5 Å². The van der Waals surface area contributed by atoms with E-state index in [9.17, 15) is 5.11 Å². The fourth-order valence-corrected chi connectivity index (χ4v) is 4.56. The molecule has 0 saturated heterocycles. The smallest absolute Gasteiger partial charge is 0.232 e. The molecule has 2 aromatic heterocycles. The lowest BCUT2D eigenvalue weighted by atomic mass is 9.86. The van der Waals surface area contributed by atoms with Crippen LogP contribution in [0.15, 0.2) is 66.7 Å². The predicted octanol–water partition coefficient (Wildman–Crippen LogP) is 2.98. The predicted molar refractivity (Wildman–Crippen MR) is 119 cm³/mol. The van der Waals surface area contributed by atoms with E-state index in [1.807, 2.05) is 12.1 Å². The highest BCUT2D eigenvalue weighted by Crippen LogP contribution is 2.38. The van der Waals surface area contributed by atoms with Gasteiger partial charge in [0.2, 0.25) is 5.35 Å². The number of methoxy groups -OCH3 is 1. The van der Waals surface area contributed by atoms with Crippen LogP contribution in [0, 0.1) is 6.72 Å². The van der Waals surface area contributed by atoms with E-state index >= 15 is 0 Å². The molecule has 0 atom stereocenters. The lowest BCUT2D eigenvalue weighted by molar-refractivity contribution is -0.529. The molecule has 4 heteroatoms. The fourth-order valence-electron chi connectivity index (χ4n) is 4.56. The van der Waals surface area contributed by atoms with Crippen LogP contribution in [-0.4, -0.2) is 12.1 Å². The molecule has 4 aromatic rings. The second kappa shape index (κ2) is 7.88. The molecule has 2 heterocycles. The lowest BCUT2D eigenvalue weighted by Gasteiger charge is -2.20. The van der Waals surface area contributed by atoms with Gasteiger partial charge in [-0.15, -0.1) is 0 Å². The van der Waals surface area contributed by atoms with Crippen LogP contribution in [-0.2, 0) is 24.0 Å². The van der Waals surface area contributed by atoms with Crippen molar-refractivity contribution in [1.29, 1.82) is 0 Å². The van der Waals surface area contributed by atoms with E-state index in [0.29, 0.717) is 5.35 Å². The molecule has 0 amide bonds. The van der Waals surface area contributed by atoms with Crippen molar-refractivity contribution in [3.8, 4) is 11.3 Å². The first-order chi connectivity index (χ1) is 15.2. The van der Waals surface area contributed by atoms with Gasteiger partial charge >= 0.3 is 0 Å². The van der Waals surface area contributed by atoms with E-state index in [0.717, 1.165) is 42.8 Å². The third-order valence-corrected chi connectivity index (χ3v) is 6.09. The number of ether oxygens (including phenoxy) is 1. The van der Waals surface area contributed by atoms with Crippen molar-refractivity contribution in [3.63, 3.8) is 0 Å². The summed E-state index contributed by atoms with van der Waals surface area (Å²) in [7, 11) is 1.39. The third kappa shape index (κ3) is 3.44. The van der Waals surface area contributed by atoms with E-state index in [4.69, 9.17) is 9.72 Å². The van der Waals surface area contributed by atoms with Gasteiger partial charge in [0.25, 0.3) is 0 Å². The van der Waals surface area contributed by atoms with Gasteiger partial charge in [-0.2, -0.15) is 4.24 Å². The van der Waals surface area contributed by atoms with E-state index in [2.05, 4.69) is 55.2 Å². The molecule has 0 unspecified atom stereocenters. The molecule has 4 nitrogen and oxygen atoms in total. The van der Waals surface area contributed by atoms with Crippen molar-refractivity contribution in [1.82, 2.24) is 4.98 Å². The zero-order chi connectivity index (χ0) is 21.4. The molecule has 1 aliphatic rings. The Balaban J connectivity index is 1.46. The number of pyridine rings is 2.